The largest absolute Gasteiger partial charge is 0.409 e. The minimum atomic E-state index is 0.0464. The SMILES string of the molecule is CC(C)N(CCC(N)=NO)C(=O)c1cc2c(s1)CCC2. The van der Waals surface area contributed by atoms with E-state index in [1.165, 1.54) is 16.9 Å². The number of aryl methyl sites for hydroxylation is 2. The summed E-state index contributed by atoms with van der Waals surface area (Å²) in [5.74, 6) is 0.197. The van der Waals surface area contributed by atoms with Gasteiger partial charge in [-0.2, -0.15) is 0 Å². The van der Waals surface area contributed by atoms with Crippen LogP contribution < -0.4 is 5.73 Å². The molecule has 1 aromatic rings. The fraction of sp³-hybridized carbons (Fsp3) is 0.571. The van der Waals surface area contributed by atoms with E-state index in [9.17, 15) is 4.79 Å². The summed E-state index contributed by atoms with van der Waals surface area (Å²) in [7, 11) is 0. The van der Waals surface area contributed by atoms with E-state index in [1.54, 1.807) is 16.2 Å². The van der Waals surface area contributed by atoms with Gasteiger partial charge in [-0.25, -0.2) is 0 Å². The van der Waals surface area contributed by atoms with Crippen LogP contribution in [0.2, 0.25) is 0 Å². The Morgan fingerprint density at radius 3 is 2.90 bits per heavy atom. The van der Waals surface area contributed by atoms with Gasteiger partial charge in [-0.3, -0.25) is 4.79 Å². The summed E-state index contributed by atoms with van der Waals surface area (Å²) in [4.78, 5) is 16.5. The number of nitrogens with zero attached hydrogens (tertiary/aromatic N) is 2. The van der Waals surface area contributed by atoms with Gasteiger partial charge < -0.3 is 15.8 Å². The molecular weight excluding hydrogens is 274 g/mol. The number of fused-ring (bicyclic) bond motifs is 1. The summed E-state index contributed by atoms with van der Waals surface area (Å²) >= 11 is 1.61. The smallest absolute Gasteiger partial charge is 0.264 e. The molecule has 0 unspecified atom stereocenters. The van der Waals surface area contributed by atoms with Gasteiger partial charge in [-0.15, -0.1) is 11.3 Å². The van der Waals surface area contributed by atoms with E-state index in [4.69, 9.17) is 10.9 Å². The number of amidine groups is 1. The van der Waals surface area contributed by atoms with Gasteiger partial charge in [0, 0.05) is 23.9 Å². The highest BCUT2D eigenvalue weighted by Gasteiger charge is 2.24. The third kappa shape index (κ3) is 3.12. The van der Waals surface area contributed by atoms with Crippen molar-refractivity contribution in [3.8, 4) is 0 Å². The number of oxime groups is 1. The van der Waals surface area contributed by atoms with Crippen LogP contribution in [0.4, 0.5) is 0 Å². The first-order valence-electron chi connectivity index (χ1n) is 6.92. The molecule has 2 rings (SSSR count). The number of hydrogen-bond donors (Lipinski definition) is 2. The third-order valence-corrected chi connectivity index (χ3v) is 4.80. The fourth-order valence-electron chi connectivity index (χ4n) is 2.46. The summed E-state index contributed by atoms with van der Waals surface area (Å²) in [5, 5.41) is 11.5. The van der Waals surface area contributed by atoms with Crippen molar-refractivity contribution in [1.29, 1.82) is 0 Å². The van der Waals surface area contributed by atoms with Crippen molar-refractivity contribution >= 4 is 23.1 Å². The van der Waals surface area contributed by atoms with Crippen molar-refractivity contribution in [2.75, 3.05) is 6.54 Å². The Balaban J connectivity index is 2.09. The van der Waals surface area contributed by atoms with Crippen LogP contribution in [-0.2, 0) is 12.8 Å². The molecule has 1 heterocycles. The van der Waals surface area contributed by atoms with Crippen LogP contribution in [-0.4, -0.2) is 34.4 Å². The van der Waals surface area contributed by atoms with Gasteiger partial charge in [0.2, 0.25) is 0 Å². The zero-order valence-corrected chi connectivity index (χ0v) is 12.7. The number of amides is 1. The Morgan fingerprint density at radius 1 is 1.55 bits per heavy atom. The molecule has 1 aliphatic carbocycles. The predicted octanol–water partition coefficient (Wildman–Crippen LogP) is 2.22. The molecule has 0 saturated heterocycles. The lowest BCUT2D eigenvalue weighted by molar-refractivity contribution is 0.0716. The Bertz CT molecular complexity index is 501. The maximum Gasteiger partial charge on any atom is 0.264 e. The second-order valence-corrected chi connectivity index (χ2v) is 6.48. The Labute approximate surface area is 123 Å². The molecule has 1 aromatic heterocycles. The highest BCUT2D eigenvalue weighted by atomic mass is 32.1. The van der Waals surface area contributed by atoms with E-state index in [2.05, 4.69) is 5.16 Å². The maximum absolute atomic E-state index is 12.6. The first kappa shape index (κ1) is 14.8. The molecule has 0 fully saturated rings. The van der Waals surface area contributed by atoms with Crippen LogP contribution >= 0.6 is 11.3 Å². The molecule has 6 heteroatoms. The van der Waals surface area contributed by atoms with E-state index in [1.807, 2.05) is 19.9 Å². The standard InChI is InChI=1S/C14H21N3O2S/c1-9(2)17(7-6-13(15)16-19)14(18)12-8-10-4-3-5-11(10)20-12/h8-9,19H,3-7H2,1-2H3,(H2,15,16). The van der Waals surface area contributed by atoms with Crippen molar-refractivity contribution in [2.24, 2.45) is 10.9 Å². The van der Waals surface area contributed by atoms with Crippen LogP contribution in [0.1, 0.15) is 46.8 Å². The lowest BCUT2D eigenvalue weighted by Gasteiger charge is -2.26. The molecule has 0 radical (unpaired) electrons. The average molecular weight is 295 g/mol. The predicted molar refractivity (Wildman–Crippen MR) is 80.5 cm³/mol. The molecule has 3 N–H and O–H groups in total. The van der Waals surface area contributed by atoms with Gasteiger partial charge >= 0.3 is 0 Å². The number of rotatable bonds is 5. The zero-order chi connectivity index (χ0) is 14.7. The summed E-state index contributed by atoms with van der Waals surface area (Å²) in [5.41, 5.74) is 6.82. The van der Waals surface area contributed by atoms with Gasteiger partial charge in [-0.05, 0) is 44.7 Å². The lowest BCUT2D eigenvalue weighted by atomic mass is 10.2. The van der Waals surface area contributed by atoms with E-state index < -0.39 is 0 Å². The van der Waals surface area contributed by atoms with E-state index in [0.717, 1.165) is 17.7 Å². The monoisotopic (exact) mass is 295 g/mol. The lowest BCUT2D eigenvalue weighted by Crippen LogP contribution is -2.38. The summed E-state index contributed by atoms with van der Waals surface area (Å²) in [6.45, 7) is 4.42. The minimum Gasteiger partial charge on any atom is -0.409 e. The van der Waals surface area contributed by atoms with Crippen molar-refractivity contribution in [1.82, 2.24) is 4.90 Å². The molecule has 110 valence electrons. The second kappa shape index (κ2) is 6.26. The van der Waals surface area contributed by atoms with Gasteiger partial charge in [0.05, 0.1) is 4.88 Å². The van der Waals surface area contributed by atoms with Crippen LogP contribution in [0.5, 0.6) is 0 Å². The van der Waals surface area contributed by atoms with Crippen molar-refractivity contribution < 1.29 is 10.0 Å². The molecule has 1 aliphatic rings. The van der Waals surface area contributed by atoms with Crippen LogP contribution in [0.25, 0.3) is 0 Å². The van der Waals surface area contributed by atoms with E-state index >= 15 is 0 Å². The first-order valence-corrected chi connectivity index (χ1v) is 7.73. The maximum atomic E-state index is 12.6. The molecule has 0 saturated carbocycles. The van der Waals surface area contributed by atoms with Crippen molar-refractivity contribution in [3.63, 3.8) is 0 Å². The molecular formula is C14H21N3O2S. The summed E-state index contributed by atoms with van der Waals surface area (Å²) in [6.07, 6.45) is 3.77. The van der Waals surface area contributed by atoms with Crippen molar-refractivity contribution in [3.05, 3.63) is 21.4 Å². The topological polar surface area (TPSA) is 78.9 Å². The van der Waals surface area contributed by atoms with Crippen LogP contribution in [0.15, 0.2) is 11.2 Å². The van der Waals surface area contributed by atoms with E-state index in [-0.39, 0.29) is 17.8 Å². The normalized spacial score (nSPS) is 14.7. The molecule has 0 aromatic carbocycles. The highest BCUT2D eigenvalue weighted by molar-refractivity contribution is 7.14. The highest BCUT2D eigenvalue weighted by Crippen LogP contribution is 2.31. The quantitative estimate of drug-likeness (QED) is 0.378. The minimum absolute atomic E-state index is 0.0464. The third-order valence-electron chi connectivity index (χ3n) is 3.58. The number of carbonyl (C=O) groups excluding carboxylic acids is 1. The molecule has 0 atom stereocenters. The number of hydrogen-bond acceptors (Lipinski definition) is 4. The van der Waals surface area contributed by atoms with Gasteiger partial charge in [-0.1, -0.05) is 5.16 Å². The van der Waals surface area contributed by atoms with E-state index in [0.29, 0.717) is 13.0 Å². The fourth-order valence-corrected chi connectivity index (χ4v) is 3.66. The van der Waals surface area contributed by atoms with Gasteiger partial charge in [0.25, 0.3) is 5.91 Å². The molecule has 20 heavy (non-hydrogen) atoms. The number of thiophene rings is 1. The first-order chi connectivity index (χ1) is 9.52. The molecule has 5 nitrogen and oxygen atoms in total. The van der Waals surface area contributed by atoms with Crippen molar-refractivity contribution in [2.45, 2.75) is 45.6 Å². The van der Waals surface area contributed by atoms with Gasteiger partial charge in [0.1, 0.15) is 5.84 Å². The van der Waals surface area contributed by atoms with Gasteiger partial charge in [0.15, 0.2) is 0 Å². The Morgan fingerprint density at radius 2 is 2.30 bits per heavy atom. The zero-order valence-electron chi connectivity index (χ0n) is 11.9. The average Bonchev–Trinajstić information content (AvgIpc) is 2.98. The van der Waals surface area contributed by atoms with Crippen LogP contribution in [0.3, 0.4) is 0 Å². The second-order valence-electron chi connectivity index (χ2n) is 5.35. The Hall–Kier alpha value is -1.56. The molecule has 0 bridgehead atoms. The Kier molecular flexibility index (Phi) is 4.65. The molecule has 0 aliphatic heterocycles. The molecule has 0 spiro atoms. The summed E-state index contributed by atoms with van der Waals surface area (Å²) in [6, 6.07) is 2.12. The summed E-state index contributed by atoms with van der Waals surface area (Å²) < 4.78 is 0. The number of nitrogens with two attached hydrogens (primary N) is 1. The van der Waals surface area contributed by atoms with Crippen LogP contribution in [0, 0.1) is 0 Å². The number of carbonyl (C=O) groups is 1. The molecule has 1 amide bonds.